The van der Waals surface area contributed by atoms with E-state index >= 15 is 0 Å². The summed E-state index contributed by atoms with van der Waals surface area (Å²) in [5.74, 6) is 0.960. The lowest BCUT2D eigenvalue weighted by molar-refractivity contribution is -0.688. The van der Waals surface area contributed by atoms with Gasteiger partial charge in [-0.1, -0.05) is 24.3 Å². The minimum atomic E-state index is 0.754. The summed E-state index contributed by atoms with van der Waals surface area (Å²) in [5, 5.41) is 0. The van der Waals surface area contributed by atoms with Crippen LogP contribution in [0.25, 0.3) is 0 Å². The number of aromatic nitrogens is 5. The number of methoxy groups -OCH3 is 1. The topological polar surface area (TPSA) is 39.7 Å². The van der Waals surface area contributed by atoms with Crippen LogP contribution in [0.1, 0.15) is 22.5 Å². The first-order valence-corrected chi connectivity index (χ1v) is 9.46. The van der Waals surface area contributed by atoms with Crippen LogP contribution in [0, 0.1) is 0 Å². The predicted octanol–water partition coefficient (Wildman–Crippen LogP) is 1.77. The Bertz CT molecular complexity index is 1050. The summed E-state index contributed by atoms with van der Waals surface area (Å²) in [7, 11) is 1.75. The Hall–Kier alpha value is -3.41. The second-order valence-electron chi connectivity index (χ2n) is 7.25. The normalized spacial score (nSPS) is 13.3. The zero-order chi connectivity index (χ0) is 18.9. The quantitative estimate of drug-likeness (QED) is 0.420. The minimum absolute atomic E-state index is 0.754. The molecule has 0 N–H and O–H groups in total. The highest BCUT2D eigenvalue weighted by atomic mass is 16.5. The van der Waals surface area contributed by atoms with Crippen molar-refractivity contribution in [2.24, 2.45) is 0 Å². The number of para-hydroxylation sites is 1. The molecule has 0 spiro atoms. The fourth-order valence-corrected chi connectivity index (χ4v) is 3.87. The summed E-state index contributed by atoms with van der Waals surface area (Å²) in [6.07, 6.45) is 12.6. The van der Waals surface area contributed by atoms with E-state index in [0.29, 0.717) is 0 Å². The van der Waals surface area contributed by atoms with Crippen LogP contribution in [-0.4, -0.2) is 21.2 Å². The summed E-state index contributed by atoms with van der Waals surface area (Å²) in [5.41, 5.74) is 4.48. The summed E-state index contributed by atoms with van der Waals surface area (Å²) in [4.78, 5) is 4.84. The van der Waals surface area contributed by atoms with Crippen molar-refractivity contribution < 1.29 is 13.9 Å². The van der Waals surface area contributed by atoms with Crippen LogP contribution >= 0.6 is 0 Å². The van der Waals surface area contributed by atoms with E-state index in [1.165, 1.54) is 11.1 Å². The average Bonchev–Trinajstić information content (AvgIpc) is 3.31. The van der Waals surface area contributed by atoms with E-state index in [1.54, 1.807) is 7.11 Å². The van der Waals surface area contributed by atoms with E-state index in [1.807, 2.05) is 0 Å². The van der Waals surface area contributed by atoms with Gasteiger partial charge < -0.3 is 4.74 Å². The molecule has 6 heteroatoms. The van der Waals surface area contributed by atoms with Crippen molar-refractivity contribution in [3.63, 3.8) is 0 Å². The smallest absolute Gasteiger partial charge is 0.244 e. The van der Waals surface area contributed by atoms with Crippen molar-refractivity contribution in [3.8, 4) is 5.75 Å². The van der Waals surface area contributed by atoms with E-state index < -0.39 is 0 Å². The molecule has 1 aromatic carbocycles. The third kappa shape index (κ3) is 3.29. The van der Waals surface area contributed by atoms with Crippen molar-refractivity contribution in [2.75, 3.05) is 7.11 Å². The van der Waals surface area contributed by atoms with Crippen LogP contribution in [0.5, 0.6) is 5.75 Å². The number of imidazole rings is 2. The SMILES string of the molecule is COc1c2cccc1C[n+]1ccn(c1)Cc1cccc(n1)Cn1cc[n+](c1)C2. The van der Waals surface area contributed by atoms with Crippen molar-refractivity contribution in [3.05, 3.63) is 96.4 Å². The van der Waals surface area contributed by atoms with Gasteiger partial charge in [0.15, 0.2) is 0 Å². The van der Waals surface area contributed by atoms with E-state index in [2.05, 4.69) is 92.1 Å². The Morgan fingerprint density at radius 3 is 1.89 bits per heavy atom. The molecule has 0 saturated carbocycles. The molecule has 0 radical (unpaired) electrons. The number of fused-ring (bicyclic) bond motifs is 8. The van der Waals surface area contributed by atoms with Crippen LogP contribution in [0.3, 0.4) is 0 Å². The van der Waals surface area contributed by atoms with E-state index in [-0.39, 0.29) is 0 Å². The van der Waals surface area contributed by atoms with Gasteiger partial charge in [0.2, 0.25) is 12.7 Å². The van der Waals surface area contributed by atoms with Gasteiger partial charge in [0.25, 0.3) is 0 Å². The summed E-state index contributed by atoms with van der Waals surface area (Å²) < 4.78 is 14.5. The van der Waals surface area contributed by atoms with Crippen LogP contribution < -0.4 is 13.9 Å². The van der Waals surface area contributed by atoms with Crippen LogP contribution in [-0.2, 0) is 26.2 Å². The molecule has 0 aliphatic carbocycles. The molecule has 0 amide bonds. The molecule has 0 unspecified atom stereocenters. The number of ether oxygens (including phenoxy) is 1. The van der Waals surface area contributed by atoms with Crippen LogP contribution in [0.15, 0.2) is 73.8 Å². The molecule has 0 saturated heterocycles. The zero-order valence-electron chi connectivity index (χ0n) is 15.9. The number of benzene rings is 1. The van der Waals surface area contributed by atoms with Gasteiger partial charge in [-0.25, -0.2) is 23.3 Å². The van der Waals surface area contributed by atoms with Gasteiger partial charge in [0.05, 0.1) is 18.5 Å². The molecule has 5 rings (SSSR count). The maximum atomic E-state index is 5.80. The van der Waals surface area contributed by atoms with Crippen LogP contribution in [0.2, 0.25) is 0 Å². The molecule has 1 aliphatic heterocycles. The van der Waals surface area contributed by atoms with Crippen molar-refractivity contribution in [1.29, 1.82) is 0 Å². The van der Waals surface area contributed by atoms with Gasteiger partial charge in [-0.2, -0.15) is 0 Å². The molecule has 6 nitrogen and oxygen atoms in total. The Labute approximate surface area is 163 Å². The maximum absolute atomic E-state index is 5.80. The zero-order valence-corrected chi connectivity index (χ0v) is 15.9. The van der Waals surface area contributed by atoms with Gasteiger partial charge in [0.1, 0.15) is 56.7 Å². The van der Waals surface area contributed by atoms with Gasteiger partial charge in [-0.05, 0) is 12.1 Å². The highest BCUT2D eigenvalue weighted by molar-refractivity contribution is 5.40. The van der Waals surface area contributed by atoms with Crippen molar-refractivity contribution in [2.45, 2.75) is 26.2 Å². The van der Waals surface area contributed by atoms with Gasteiger partial charge in [-0.3, -0.25) is 0 Å². The molecule has 3 aromatic heterocycles. The number of hydrogen-bond acceptors (Lipinski definition) is 2. The molecule has 0 atom stereocenters. The second-order valence-corrected chi connectivity index (χ2v) is 7.25. The molecule has 140 valence electrons. The number of rotatable bonds is 1. The third-order valence-corrected chi connectivity index (χ3v) is 5.13. The first-order chi connectivity index (χ1) is 13.8. The lowest BCUT2D eigenvalue weighted by Gasteiger charge is -2.11. The Morgan fingerprint density at radius 1 is 0.821 bits per heavy atom. The first-order valence-electron chi connectivity index (χ1n) is 9.46. The van der Waals surface area contributed by atoms with E-state index in [4.69, 9.17) is 9.72 Å². The molecule has 4 aromatic rings. The lowest BCUT2D eigenvalue weighted by atomic mass is 10.1. The maximum Gasteiger partial charge on any atom is 0.244 e. The standard InChI is InChI=1S/C22H23N5O/c1-28-22-18-4-2-5-19(22)13-25-9-11-27(17-25)15-21-7-3-6-20(23-21)14-26-10-8-24(12-18)16-26/h2-11,16-17H,12-15H2,1H3/q+2. The molecule has 4 heterocycles. The fraction of sp³-hybridized carbons (Fsp3) is 0.227. The van der Waals surface area contributed by atoms with Crippen molar-refractivity contribution in [1.82, 2.24) is 14.1 Å². The second kappa shape index (κ2) is 6.96. The Balaban J connectivity index is 1.60. The highest BCUT2D eigenvalue weighted by Gasteiger charge is 2.16. The fourth-order valence-electron chi connectivity index (χ4n) is 3.87. The highest BCUT2D eigenvalue weighted by Crippen LogP contribution is 2.23. The summed E-state index contributed by atoms with van der Waals surface area (Å²) in [6.45, 7) is 3.04. The largest absolute Gasteiger partial charge is 0.496 e. The van der Waals surface area contributed by atoms with Gasteiger partial charge >= 0.3 is 0 Å². The molecular weight excluding hydrogens is 350 g/mol. The molecule has 1 aliphatic rings. The molecule has 28 heavy (non-hydrogen) atoms. The Kier molecular flexibility index (Phi) is 4.16. The Morgan fingerprint density at radius 2 is 1.36 bits per heavy atom. The van der Waals surface area contributed by atoms with Gasteiger partial charge in [-0.15, -0.1) is 0 Å². The summed E-state index contributed by atoms with van der Waals surface area (Å²) >= 11 is 0. The monoisotopic (exact) mass is 373 g/mol. The summed E-state index contributed by atoms with van der Waals surface area (Å²) in [6, 6.07) is 12.6. The number of hydrogen-bond donors (Lipinski definition) is 0. The number of pyridine rings is 1. The third-order valence-electron chi connectivity index (χ3n) is 5.13. The minimum Gasteiger partial charge on any atom is -0.496 e. The molecule has 8 bridgehead atoms. The van der Waals surface area contributed by atoms with E-state index in [9.17, 15) is 0 Å². The van der Waals surface area contributed by atoms with Crippen molar-refractivity contribution >= 4 is 0 Å². The predicted molar refractivity (Wildman–Crippen MR) is 103 cm³/mol. The molecular formula is C22H23N5O+2. The average molecular weight is 373 g/mol. The molecule has 0 fully saturated rings. The first kappa shape index (κ1) is 16.7. The van der Waals surface area contributed by atoms with E-state index in [0.717, 1.165) is 43.3 Å². The lowest BCUT2D eigenvalue weighted by Crippen LogP contribution is -2.33. The van der Waals surface area contributed by atoms with Gasteiger partial charge in [0, 0.05) is 11.1 Å². The number of nitrogens with zero attached hydrogens (tertiary/aromatic N) is 5. The van der Waals surface area contributed by atoms with Crippen LogP contribution in [0.4, 0.5) is 0 Å².